The molecule has 106 valence electrons. The van der Waals surface area contributed by atoms with E-state index in [-0.39, 0.29) is 6.10 Å². The molecule has 5 heteroatoms. The maximum absolute atomic E-state index is 10.4. The van der Waals surface area contributed by atoms with Crippen LogP contribution in [0.5, 0.6) is 11.5 Å². The van der Waals surface area contributed by atoms with Crippen LogP contribution < -0.4 is 9.47 Å². The summed E-state index contributed by atoms with van der Waals surface area (Å²) in [5, 5.41) is 10.9. The lowest BCUT2D eigenvalue weighted by molar-refractivity contribution is -0.0633. The molecule has 1 heterocycles. The van der Waals surface area contributed by atoms with Crippen LogP contribution in [-0.2, 0) is 4.74 Å². The number of methoxy groups -OCH3 is 2. The summed E-state index contributed by atoms with van der Waals surface area (Å²) in [6.45, 7) is 0.687. The molecule has 0 saturated carbocycles. The molecule has 0 radical (unpaired) electrons. The van der Waals surface area contributed by atoms with Gasteiger partial charge in [0.25, 0.3) is 0 Å². The van der Waals surface area contributed by atoms with Crippen LogP contribution in [0.4, 0.5) is 0 Å². The third kappa shape index (κ3) is 3.14. The number of aliphatic hydroxyl groups is 1. The quantitative estimate of drug-likeness (QED) is 0.924. The minimum atomic E-state index is -0.743. The number of ether oxygens (including phenoxy) is 3. The van der Waals surface area contributed by atoms with Crippen molar-refractivity contribution >= 4 is 11.6 Å². The molecule has 0 aliphatic carbocycles. The number of halogens is 1. The fraction of sp³-hybridized carbons (Fsp3) is 0.571. The summed E-state index contributed by atoms with van der Waals surface area (Å²) in [5.74, 6) is 1.10. The van der Waals surface area contributed by atoms with E-state index in [1.807, 2.05) is 0 Å². The van der Waals surface area contributed by atoms with Crippen LogP contribution in [0.25, 0.3) is 0 Å². The average molecular weight is 287 g/mol. The minimum Gasteiger partial charge on any atom is -0.493 e. The van der Waals surface area contributed by atoms with Crippen LogP contribution in [0.15, 0.2) is 12.1 Å². The number of hydrogen-bond acceptors (Lipinski definition) is 4. The molecule has 1 N–H and O–H groups in total. The van der Waals surface area contributed by atoms with Gasteiger partial charge in [0.15, 0.2) is 11.5 Å². The van der Waals surface area contributed by atoms with Gasteiger partial charge in [-0.3, -0.25) is 0 Å². The highest BCUT2D eigenvalue weighted by Crippen LogP contribution is 2.38. The predicted octanol–water partition coefficient (Wildman–Crippen LogP) is 2.96. The van der Waals surface area contributed by atoms with E-state index >= 15 is 0 Å². The zero-order chi connectivity index (χ0) is 13.8. The van der Waals surface area contributed by atoms with E-state index in [2.05, 4.69) is 0 Å². The van der Waals surface area contributed by atoms with Gasteiger partial charge in [-0.1, -0.05) is 11.6 Å². The molecule has 2 rings (SSSR count). The summed E-state index contributed by atoms with van der Waals surface area (Å²) < 4.78 is 16.0. The van der Waals surface area contributed by atoms with Crippen molar-refractivity contribution in [3.05, 3.63) is 22.7 Å². The molecule has 2 unspecified atom stereocenters. The second-order valence-corrected chi connectivity index (χ2v) is 4.99. The van der Waals surface area contributed by atoms with E-state index in [0.717, 1.165) is 19.3 Å². The first-order chi connectivity index (χ1) is 9.17. The van der Waals surface area contributed by atoms with Crippen molar-refractivity contribution in [1.82, 2.24) is 0 Å². The molecular weight excluding hydrogens is 268 g/mol. The maximum Gasteiger partial charge on any atom is 0.162 e. The summed E-state index contributed by atoms with van der Waals surface area (Å²) in [6, 6.07) is 3.37. The van der Waals surface area contributed by atoms with E-state index in [1.165, 1.54) is 0 Å². The summed E-state index contributed by atoms with van der Waals surface area (Å²) in [5.41, 5.74) is 0.617. The standard InChI is InChI=1S/C14H19ClO4/c1-17-12-7-9(10(15)8-13(12)18-2)14(16)11-5-3-4-6-19-11/h7-8,11,14,16H,3-6H2,1-2H3. The Balaban J connectivity index is 2.27. The molecule has 0 bridgehead atoms. The molecule has 1 aliphatic heterocycles. The molecule has 4 nitrogen and oxygen atoms in total. The Bertz CT molecular complexity index is 430. The predicted molar refractivity (Wildman–Crippen MR) is 73.1 cm³/mol. The molecule has 0 spiro atoms. The Hall–Kier alpha value is -0.970. The first kappa shape index (κ1) is 14.4. The Morgan fingerprint density at radius 1 is 1.26 bits per heavy atom. The molecule has 1 saturated heterocycles. The van der Waals surface area contributed by atoms with Crippen LogP contribution in [-0.4, -0.2) is 32.0 Å². The molecule has 19 heavy (non-hydrogen) atoms. The highest BCUT2D eigenvalue weighted by Gasteiger charge is 2.27. The smallest absolute Gasteiger partial charge is 0.162 e. The topological polar surface area (TPSA) is 47.9 Å². The summed E-state index contributed by atoms with van der Waals surface area (Å²) in [7, 11) is 3.10. The second kappa shape index (κ2) is 6.46. The second-order valence-electron chi connectivity index (χ2n) is 4.58. The van der Waals surface area contributed by atoms with Crippen molar-refractivity contribution in [3.8, 4) is 11.5 Å². The summed E-state index contributed by atoms with van der Waals surface area (Å²) in [6.07, 6.45) is 2.00. The van der Waals surface area contributed by atoms with E-state index in [1.54, 1.807) is 26.4 Å². The molecule has 1 fully saturated rings. The minimum absolute atomic E-state index is 0.204. The van der Waals surface area contributed by atoms with Gasteiger partial charge >= 0.3 is 0 Å². The highest BCUT2D eigenvalue weighted by atomic mass is 35.5. The third-order valence-corrected chi connectivity index (χ3v) is 3.72. The first-order valence-corrected chi connectivity index (χ1v) is 6.76. The van der Waals surface area contributed by atoms with Crippen molar-refractivity contribution in [3.63, 3.8) is 0 Å². The molecule has 0 aromatic heterocycles. The van der Waals surface area contributed by atoms with Gasteiger partial charge in [-0.15, -0.1) is 0 Å². The Labute approximate surface area is 118 Å². The largest absolute Gasteiger partial charge is 0.493 e. The maximum atomic E-state index is 10.4. The fourth-order valence-electron chi connectivity index (χ4n) is 2.31. The zero-order valence-corrected chi connectivity index (χ0v) is 11.9. The van der Waals surface area contributed by atoms with E-state index in [4.69, 9.17) is 25.8 Å². The Kier molecular flexibility index (Phi) is 4.91. The van der Waals surface area contributed by atoms with Crippen LogP contribution >= 0.6 is 11.6 Å². The van der Waals surface area contributed by atoms with E-state index in [9.17, 15) is 5.11 Å². The van der Waals surface area contributed by atoms with Gasteiger partial charge in [0, 0.05) is 18.2 Å². The zero-order valence-electron chi connectivity index (χ0n) is 11.2. The van der Waals surface area contributed by atoms with E-state index in [0.29, 0.717) is 28.7 Å². The lowest BCUT2D eigenvalue weighted by atomic mass is 9.98. The van der Waals surface area contributed by atoms with Crippen molar-refractivity contribution in [2.75, 3.05) is 20.8 Å². The van der Waals surface area contributed by atoms with Gasteiger partial charge < -0.3 is 19.3 Å². The lowest BCUT2D eigenvalue weighted by Crippen LogP contribution is -2.26. The molecule has 1 aromatic rings. The molecule has 2 atom stereocenters. The van der Waals surface area contributed by atoms with Crippen molar-refractivity contribution in [2.24, 2.45) is 0 Å². The molecule has 1 aliphatic rings. The SMILES string of the molecule is COc1cc(Cl)c(C(O)C2CCCCO2)cc1OC. The van der Waals surface area contributed by atoms with Gasteiger partial charge in [-0.2, -0.15) is 0 Å². The fourth-order valence-corrected chi connectivity index (χ4v) is 2.58. The normalized spacial score (nSPS) is 20.9. The van der Waals surface area contributed by atoms with Crippen LogP contribution in [0.3, 0.4) is 0 Å². The third-order valence-electron chi connectivity index (χ3n) is 3.39. The van der Waals surface area contributed by atoms with Crippen LogP contribution in [0, 0.1) is 0 Å². The number of rotatable bonds is 4. The number of benzene rings is 1. The Morgan fingerprint density at radius 2 is 1.95 bits per heavy atom. The van der Waals surface area contributed by atoms with Gasteiger partial charge in [0.2, 0.25) is 0 Å². The Morgan fingerprint density at radius 3 is 2.53 bits per heavy atom. The van der Waals surface area contributed by atoms with Gasteiger partial charge in [-0.05, 0) is 25.3 Å². The molecular formula is C14H19ClO4. The first-order valence-electron chi connectivity index (χ1n) is 6.38. The monoisotopic (exact) mass is 286 g/mol. The average Bonchev–Trinajstić information content (AvgIpc) is 2.47. The summed E-state index contributed by atoms with van der Waals surface area (Å²) >= 11 is 6.20. The van der Waals surface area contributed by atoms with Gasteiger partial charge in [0.05, 0.1) is 25.3 Å². The van der Waals surface area contributed by atoms with Gasteiger partial charge in [0.1, 0.15) is 6.10 Å². The molecule has 0 amide bonds. The van der Waals surface area contributed by atoms with Crippen molar-refractivity contribution in [2.45, 2.75) is 31.5 Å². The van der Waals surface area contributed by atoms with Gasteiger partial charge in [-0.25, -0.2) is 0 Å². The number of aliphatic hydroxyl groups excluding tert-OH is 1. The molecule has 1 aromatic carbocycles. The van der Waals surface area contributed by atoms with Crippen LogP contribution in [0.1, 0.15) is 30.9 Å². The highest BCUT2D eigenvalue weighted by molar-refractivity contribution is 6.31. The van der Waals surface area contributed by atoms with Crippen molar-refractivity contribution < 1.29 is 19.3 Å². The number of hydrogen-bond donors (Lipinski definition) is 1. The summed E-state index contributed by atoms with van der Waals surface area (Å²) in [4.78, 5) is 0. The van der Waals surface area contributed by atoms with Crippen LogP contribution in [0.2, 0.25) is 5.02 Å². The lowest BCUT2D eigenvalue weighted by Gasteiger charge is -2.28. The van der Waals surface area contributed by atoms with Crippen molar-refractivity contribution in [1.29, 1.82) is 0 Å². The van der Waals surface area contributed by atoms with E-state index < -0.39 is 6.10 Å².